The van der Waals surface area contributed by atoms with E-state index in [2.05, 4.69) is 65.5 Å². The van der Waals surface area contributed by atoms with Gasteiger partial charge in [-0.05, 0) is 74.9 Å². The van der Waals surface area contributed by atoms with Gasteiger partial charge < -0.3 is 19.5 Å². The number of nitrogens with one attached hydrogen (secondary N) is 1. The molecule has 0 radical (unpaired) electrons. The topological polar surface area (TPSA) is 64.3 Å². The van der Waals surface area contributed by atoms with Crippen molar-refractivity contribution in [1.82, 2.24) is 19.2 Å². The second-order valence-corrected chi connectivity index (χ2v) is 9.77. The van der Waals surface area contributed by atoms with Crippen LogP contribution in [-0.2, 0) is 6.54 Å². The molecular weight excluding hydrogens is 486 g/mol. The molecule has 39 heavy (non-hydrogen) atoms. The SMILES string of the molecule is CCOc1ccc(NC(=O)N2Cc3c(C)nn(-c4ccccc4)c3-n3cccc3[C@@H]2c2ccc(C)cc2)cc1. The van der Waals surface area contributed by atoms with E-state index < -0.39 is 0 Å². The Labute approximate surface area is 228 Å². The first-order valence-electron chi connectivity index (χ1n) is 13.2. The minimum Gasteiger partial charge on any atom is -0.494 e. The third-order valence-corrected chi connectivity index (χ3v) is 7.16. The number of rotatable bonds is 5. The molecule has 1 N–H and O–H groups in total. The fourth-order valence-corrected chi connectivity index (χ4v) is 5.25. The molecule has 2 aromatic heterocycles. The number of benzene rings is 3. The minimum atomic E-state index is -0.306. The standard InChI is InChI=1S/C32H31N5O2/c1-4-39-27-18-16-25(17-19-27)33-32(38)36-21-28-23(3)34-37(26-9-6-5-7-10-26)31(28)35-20-8-11-29(35)30(36)24-14-12-22(2)13-15-24/h5-20,30H,4,21H2,1-3H3,(H,33,38)/t30-/m0/s1. The Hall–Kier alpha value is -4.78. The second kappa shape index (κ2) is 10.2. The Kier molecular flexibility index (Phi) is 6.40. The highest BCUT2D eigenvalue weighted by Gasteiger charge is 2.36. The molecule has 1 atom stereocenters. The number of aromatic nitrogens is 3. The van der Waals surface area contributed by atoms with Crippen LogP contribution >= 0.6 is 0 Å². The first kappa shape index (κ1) is 24.6. The van der Waals surface area contributed by atoms with Gasteiger partial charge in [0.2, 0.25) is 0 Å². The predicted octanol–water partition coefficient (Wildman–Crippen LogP) is 6.82. The Morgan fingerprint density at radius 2 is 1.69 bits per heavy atom. The van der Waals surface area contributed by atoms with Crippen LogP contribution in [0, 0.1) is 13.8 Å². The van der Waals surface area contributed by atoms with Crippen LogP contribution in [0.2, 0.25) is 0 Å². The van der Waals surface area contributed by atoms with Crippen LogP contribution < -0.4 is 10.1 Å². The Balaban J connectivity index is 1.48. The lowest BCUT2D eigenvalue weighted by Gasteiger charge is -2.31. The van der Waals surface area contributed by atoms with E-state index in [0.717, 1.165) is 39.8 Å². The molecule has 196 valence electrons. The molecule has 0 spiro atoms. The normalized spacial score (nSPS) is 14.3. The number of amides is 2. The molecule has 7 heteroatoms. The minimum absolute atomic E-state index is 0.183. The van der Waals surface area contributed by atoms with Gasteiger partial charge in [-0.1, -0.05) is 48.0 Å². The Morgan fingerprint density at radius 1 is 0.949 bits per heavy atom. The fourth-order valence-electron chi connectivity index (χ4n) is 5.25. The molecule has 7 nitrogen and oxygen atoms in total. The van der Waals surface area contributed by atoms with Crippen LogP contribution in [0.1, 0.15) is 41.0 Å². The lowest BCUT2D eigenvalue weighted by atomic mass is 10.0. The van der Waals surface area contributed by atoms with Crippen molar-refractivity contribution in [3.8, 4) is 17.3 Å². The molecular formula is C32H31N5O2. The third-order valence-electron chi connectivity index (χ3n) is 7.16. The van der Waals surface area contributed by atoms with E-state index in [1.54, 1.807) is 0 Å². The smallest absolute Gasteiger partial charge is 0.322 e. The van der Waals surface area contributed by atoms with Crippen molar-refractivity contribution in [2.45, 2.75) is 33.4 Å². The van der Waals surface area contributed by atoms with E-state index in [4.69, 9.17) is 9.84 Å². The first-order valence-corrected chi connectivity index (χ1v) is 13.2. The maximum Gasteiger partial charge on any atom is 0.322 e. The number of urea groups is 1. The number of fused-ring (bicyclic) bond motifs is 3. The van der Waals surface area contributed by atoms with Gasteiger partial charge in [-0.3, -0.25) is 0 Å². The maximum absolute atomic E-state index is 14.1. The van der Waals surface area contributed by atoms with Gasteiger partial charge in [0.1, 0.15) is 11.6 Å². The van der Waals surface area contributed by atoms with E-state index in [0.29, 0.717) is 18.8 Å². The van der Waals surface area contributed by atoms with Crippen molar-refractivity contribution in [3.63, 3.8) is 0 Å². The van der Waals surface area contributed by atoms with Crippen molar-refractivity contribution in [3.05, 3.63) is 125 Å². The predicted molar refractivity (Wildman–Crippen MR) is 153 cm³/mol. The highest BCUT2D eigenvalue weighted by molar-refractivity contribution is 5.90. The van der Waals surface area contributed by atoms with Gasteiger partial charge in [-0.15, -0.1) is 0 Å². The summed E-state index contributed by atoms with van der Waals surface area (Å²) in [6, 6.07) is 29.7. The monoisotopic (exact) mass is 517 g/mol. The van der Waals surface area contributed by atoms with E-state index in [9.17, 15) is 4.79 Å². The van der Waals surface area contributed by atoms with Crippen LogP contribution in [0.5, 0.6) is 5.75 Å². The van der Waals surface area contributed by atoms with Crippen molar-refractivity contribution >= 4 is 11.7 Å². The number of hydrogen-bond donors (Lipinski definition) is 1. The van der Waals surface area contributed by atoms with Gasteiger partial charge in [-0.2, -0.15) is 5.10 Å². The number of ether oxygens (including phenoxy) is 1. The summed E-state index contributed by atoms with van der Waals surface area (Å²) in [7, 11) is 0. The average molecular weight is 518 g/mol. The van der Waals surface area contributed by atoms with Crippen LogP contribution in [-0.4, -0.2) is 31.9 Å². The maximum atomic E-state index is 14.1. The van der Waals surface area contributed by atoms with Crippen molar-refractivity contribution in [1.29, 1.82) is 0 Å². The van der Waals surface area contributed by atoms with Crippen molar-refractivity contribution in [2.24, 2.45) is 0 Å². The van der Waals surface area contributed by atoms with Gasteiger partial charge in [0.05, 0.1) is 36.3 Å². The number of aryl methyl sites for hydroxylation is 2. The molecule has 1 aliphatic rings. The molecule has 3 heterocycles. The van der Waals surface area contributed by atoms with Crippen LogP contribution in [0.3, 0.4) is 0 Å². The number of carbonyl (C=O) groups is 1. The number of anilines is 1. The van der Waals surface area contributed by atoms with Crippen LogP contribution in [0.25, 0.3) is 11.5 Å². The summed E-state index contributed by atoms with van der Waals surface area (Å²) >= 11 is 0. The zero-order valence-electron chi connectivity index (χ0n) is 22.3. The second-order valence-electron chi connectivity index (χ2n) is 9.77. The number of nitrogens with zero attached hydrogens (tertiary/aromatic N) is 4. The Bertz CT molecular complexity index is 1600. The molecule has 0 unspecified atom stereocenters. The molecule has 1 aliphatic heterocycles. The largest absolute Gasteiger partial charge is 0.494 e. The quantitative estimate of drug-likeness (QED) is 0.278. The molecule has 0 saturated carbocycles. The molecule has 0 saturated heterocycles. The van der Waals surface area contributed by atoms with E-state index in [1.807, 2.05) is 72.0 Å². The number of hydrogen-bond acceptors (Lipinski definition) is 3. The molecule has 2 amide bonds. The van der Waals surface area contributed by atoms with Gasteiger partial charge in [0.25, 0.3) is 0 Å². The van der Waals surface area contributed by atoms with Gasteiger partial charge in [-0.25, -0.2) is 9.48 Å². The van der Waals surface area contributed by atoms with E-state index in [1.165, 1.54) is 5.56 Å². The molecule has 3 aromatic carbocycles. The summed E-state index contributed by atoms with van der Waals surface area (Å²) in [4.78, 5) is 16.0. The summed E-state index contributed by atoms with van der Waals surface area (Å²) in [5, 5.41) is 8.05. The lowest BCUT2D eigenvalue weighted by molar-refractivity contribution is 0.194. The summed E-state index contributed by atoms with van der Waals surface area (Å²) < 4.78 is 9.73. The van der Waals surface area contributed by atoms with E-state index >= 15 is 0 Å². The summed E-state index contributed by atoms with van der Waals surface area (Å²) in [5.74, 6) is 1.72. The molecule has 0 fully saturated rings. The van der Waals surface area contributed by atoms with Crippen molar-refractivity contribution < 1.29 is 9.53 Å². The lowest BCUT2D eigenvalue weighted by Crippen LogP contribution is -2.38. The zero-order valence-corrected chi connectivity index (χ0v) is 22.3. The summed E-state index contributed by atoms with van der Waals surface area (Å²) in [5.41, 5.74) is 6.79. The fraction of sp³-hybridized carbons (Fsp3) is 0.188. The summed E-state index contributed by atoms with van der Waals surface area (Å²) in [6.45, 7) is 7.03. The highest BCUT2D eigenvalue weighted by Crippen LogP contribution is 2.38. The average Bonchev–Trinajstić information content (AvgIpc) is 3.51. The molecule has 0 aliphatic carbocycles. The molecule has 6 rings (SSSR count). The molecule has 5 aromatic rings. The van der Waals surface area contributed by atoms with Gasteiger partial charge in [0.15, 0.2) is 0 Å². The van der Waals surface area contributed by atoms with Gasteiger partial charge in [0, 0.05) is 17.4 Å². The molecule has 0 bridgehead atoms. The highest BCUT2D eigenvalue weighted by atomic mass is 16.5. The van der Waals surface area contributed by atoms with Crippen LogP contribution in [0.15, 0.2) is 97.2 Å². The van der Waals surface area contributed by atoms with Crippen LogP contribution in [0.4, 0.5) is 10.5 Å². The number of para-hydroxylation sites is 1. The van der Waals surface area contributed by atoms with Gasteiger partial charge >= 0.3 is 6.03 Å². The number of carbonyl (C=O) groups excluding carboxylic acids is 1. The first-order chi connectivity index (χ1) is 19.0. The van der Waals surface area contributed by atoms with Crippen molar-refractivity contribution in [2.75, 3.05) is 11.9 Å². The third kappa shape index (κ3) is 4.56. The summed E-state index contributed by atoms with van der Waals surface area (Å²) in [6.07, 6.45) is 2.06. The Morgan fingerprint density at radius 3 is 2.41 bits per heavy atom. The van der Waals surface area contributed by atoms with E-state index in [-0.39, 0.29) is 12.1 Å². The zero-order chi connectivity index (χ0) is 26.9.